The molecule has 0 atom stereocenters. The van der Waals surface area contributed by atoms with Crippen molar-refractivity contribution in [1.82, 2.24) is 10.3 Å². The zero-order valence-corrected chi connectivity index (χ0v) is 18.2. The van der Waals surface area contributed by atoms with Crippen LogP contribution in [0.4, 0.5) is 10.6 Å². The summed E-state index contributed by atoms with van der Waals surface area (Å²) in [5.41, 5.74) is 6.90. The maximum absolute atomic E-state index is 12.1. The number of alkyl carbamates (subject to hydrolysis) is 1. The average molecular weight is 389 g/mol. The number of hydrogen-bond donors (Lipinski definition) is 2. The number of pyridine rings is 1. The van der Waals surface area contributed by atoms with E-state index in [-0.39, 0.29) is 6.54 Å². The number of carbonyl (C=O) groups is 1. The van der Waals surface area contributed by atoms with Gasteiger partial charge in [-0.25, -0.2) is 9.78 Å². The molecule has 28 heavy (non-hydrogen) atoms. The lowest BCUT2D eigenvalue weighted by molar-refractivity contribution is 0.00578. The van der Waals surface area contributed by atoms with Crippen molar-refractivity contribution >= 4 is 25.1 Å². The summed E-state index contributed by atoms with van der Waals surface area (Å²) in [5.74, 6) is 0.400. The summed E-state index contributed by atoms with van der Waals surface area (Å²) in [7, 11) is -0.625. The van der Waals surface area contributed by atoms with Crippen LogP contribution >= 0.6 is 0 Å². The highest BCUT2D eigenvalue weighted by atomic mass is 16.7. The second-order valence-electron chi connectivity index (χ2n) is 9.15. The molecule has 0 saturated carbocycles. The predicted molar refractivity (Wildman–Crippen MR) is 112 cm³/mol. The Kier molecular flexibility index (Phi) is 6.16. The topological polar surface area (TPSA) is 95.7 Å². The number of aromatic nitrogens is 1. The van der Waals surface area contributed by atoms with Crippen LogP contribution in [0.25, 0.3) is 6.08 Å². The predicted octanol–water partition coefficient (Wildman–Crippen LogP) is 3.51. The Balaban J connectivity index is 2.30. The van der Waals surface area contributed by atoms with E-state index in [1.54, 1.807) is 6.20 Å². The molecule has 7 nitrogen and oxygen atoms in total. The first-order valence-corrected chi connectivity index (χ1v) is 9.45. The number of ether oxygens (including phenoxy) is 1. The fraction of sp³-hybridized carbons (Fsp3) is 0.600. The van der Waals surface area contributed by atoms with E-state index >= 15 is 0 Å². The highest BCUT2D eigenvalue weighted by molar-refractivity contribution is 6.56. The molecule has 0 unspecified atom stereocenters. The van der Waals surface area contributed by atoms with E-state index in [2.05, 4.69) is 10.3 Å². The quantitative estimate of drug-likeness (QED) is 0.765. The molecule has 3 N–H and O–H groups in total. The van der Waals surface area contributed by atoms with Gasteiger partial charge < -0.3 is 25.1 Å². The summed E-state index contributed by atoms with van der Waals surface area (Å²) in [6.45, 7) is 15.5. The van der Waals surface area contributed by atoms with Crippen molar-refractivity contribution in [2.45, 2.75) is 72.2 Å². The number of nitrogens with zero attached hydrogens (tertiary/aromatic N) is 1. The largest absolute Gasteiger partial charge is 0.492 e. The van der Waals surface area contributed by atoms with Gasteiger partial charge in [0.25, 0.3) is 0 Å². The lowest BCUT2D eigenvalue weighted by Crippen LogP contribution is -2.41. The molecular weight excluding hydrogens is 357 g/mol. The summed E-state index contributed by atoms with van der Waals surface area (Å²) < 4.78 is 17.6. The first-order valence-electron chi connectivity index (χ1n) is 9.45. The first-order chi connectivity index (χ1) is 12.7. The third-order valence-corrected chi connectivity index (χ3v) is 4.82. The van der Waals surface area contributed by atoms with Gasteiger partial charge in [0.05, 0.1) is 11.2 Å². The van der Waals surface area contributed by atoms with E-state index in [1.807, 2.05) is 67.5 Å². The lowest BCUT2D eigenvalue weighted by Gasteiger charge is -2.32. The van der Waals surface area contributed by atoms with Gasteiger partial charge in [0, 0.05) is 18.3 Å². The fourth-order valence-electron chi connectivity index (χ4n) is 2.60. The van der Waals surface area contributed by atoms with Gasteiger partial charge >= 0.3 is 13.2 Å². The summed E-state index contributed by atoms with van der Waals surface area (Å²) in [6.07, 6.45) is 3.06. The van der Waals surface area contributed by atoms with Crippen LogP contribution in [0.1, 0.15) is 59.6 Å². The normalized spacial score (nSPS) is 18.9. The molecule has 0 aliphatic carbocycles. The number of amides is 1. The SMILES string of the molecule is Cc1cnc(N)c(C=C(CNC(=O)OC(C)(C)C)B2OC(C)(C)C(C)(C)O2)c1. The van der Waals surface area contributed by atoms with E-state index in [0.717, 1.165) is 16.6 Å². The standard InChI is InChI=1S/C20H32BN3O4/c1-13-9-14(16(22)23-11-13)10-15(12-24-17(25)26-18(2,3)4)21-27-19(5,6)20(7,8)28-21/h9-11H,12H2,1-8H3,(H2,22,23)(H,24,25). The molecule has 154 valence electrons. The van der Waals surface area contributed by atoms with Crippen LogP contribution in [0, 0.1) is 6.92 Å². The van der Waals surface area contributed by atoms with Crippen molar-refractivity contribution < 1.29 is 18.8 Å². The van der Waals surface area contributed by atoms with E-state index in [1.165, 1.54) is 0 Å². The van der Waals surface area contributed by atoms with E-state index in [4.69, 9.17) is 19.8 Å². The van der Waals surface area contributed by atoms with Gasteiger partial charge in [0.15, 0.2) is 0 Å². The van der Waals surface area contributed by atoms with Crippen LogP contribution in [-0.4, -0.2) is 41.5 Å². The van der Waals surface area contributed by atoms with Crippen molar-refractivity contribution in [3.63, 3.8) is 0 Å². The van der Waals surface area contributed by atoms with Gasteiger partial charge in [-0.1, -0.05) is 6.08 Å². The number of carbonyl (C=O) groups excluding carboxylic acids is 1. The Morgan fingerprint density at radius 2 is 1.86 bits per heavy atom. The third kappa shape index (κ3) is 5.48. The van der Waals surface area contributed by atoms with Gasteiger partial charge in [-0.15, -0.1) is 0 Å². The summed E-state index contributed by atoms with van der Waals surface area (Å²) in [6, 6.07) is 1.93. The van der Waals surface area contributed by atoms with Crippen molar-refractivity contribution in [2.75, 3.05) is 12.3 Å². The number of nitrogens with one attached hydrogen (secondary N) is 1. The van der Waals surface area contributed by atoms with Gasteiger partial charge in [-0.05, 0) is 72.5 Å². The fourth-order valence-corrected chi connectivity index (χ4v) is 2.60. The second-order valence-corrected chi connectivity index (χ2v) is 9.15. The average Bonchev–Trinajstić information content (AvgIpc) is 2.73. The van der Waals surface area contributed by atoms with E-state index in [0.29, 0.717) is 5.82 Å². The molecule has 1 aliphatic rings. The summed E-state index contributed by atoms with van der Waals surface area (Å²) in [4.78, 5) is 16.3. The highest BCUT2D eigenvalue weighted by Crippen LogP contribution is 2.38. The molecule has 2 rings (SSSR count). The minimum Gasteiger partial charge on any atom is -0.444 e. The summed E-state index contributed by atoms with van der Waals surface area (Å²) >= 11 is 0. The summed E-state index contributed by atoms with van der Waals surface area (Å²) in [5, 5.41) is 2.77. The molecule has 1 aliphatic heterocycles. The maximum atomic E-state index is 12.1. The van der Waals surface area contributed by atoms with Crippen LogP contribution in [0.5, 0.6) is 0 Å². The van der Waals surface area contributed by atoms with E-state index < -0.39 is 30.0 Å². The minimum atomic E-state index is -0.625. The van der Waals surface area contributed by atoms with Crippen LogP contribution in [0.3, 0.4) is 0 Å². The Hall–Kier alpha value is -2.06. The zero-order chi connectivity index (χ0) is 21.3. The Morgan fingerprint density at radius 3 is 2.39 bits per heavy atom. The molecular formula is C20H32BN3O4. The van der Waals surface area contributed by atoms with Gasteiger partial charge in [-0.3, -0.25) is 0 Å². The first kappa shape index (κ1) is 22.2. The molecule has 1 amide bonds. The minimum absolute atomic E-state index is 0.194. The molecule has 2 heterocycles. The molecule has 1 fully saturated rings. The van der Waals surface area contributed by atoms with Gasteiger partial charge in [-0.2, -0.15) is 0 Å². The monoisotopic (exact) mass is 389 g/mol. The van der Waals surface area contributed by atoms with Crippen LogP contribution < -0.4 is 11.1 Å². The number of nitrogen functional groups attached to an aromatic ring is 1. The molecule has 0 radical (unpaired) electrons. The number of aryl methyl sites for hydroxylation is 1. The van der Waals surface area contributed by atoms with Crippen LogP contribution in [-0.2, 0) is 14.0 Å². The van der Waals surface area contributed by atoms with E-state index in [9.17, 15) is 4.79 Å². The number of anilines is 1. The molecule has 1 aromatic heterocycles. The van der Waals surface area contributed by atoms with Gasteiger partial charge in [0.1, 0.15) is 11.4 Å². The smallest absolute Gasteiger partial charge is 0.444 e. The number of hydrogen-bond acceptors (Lipinski definition) is 6. The van der Waals surface area contributed by atoms with Crippen molar-refractivity contribution in [2.24, 2.45) is 0 Å². The van der Waals surface area contributed by atoms with Crippen molar-refractivity contribution in [1.29, 1.82) is 0 Å². The van der Waals surface area contributed by atoms with Crippen molar-refractivity contribution in [3.8, 4) is 0 Å². The van der Waals surface area contributed by atoms with Crippen LogP contribution in [0.15, 0.2) is 17.7 Å². The highest BCUT2D eigenvalue weighted by Gasteiger charge is 2.52. The lowest BCUT2D eigenvalue weighted by atomic mass is 9.77. The zero-order valence-electron chi connectivity index (χ0n) is 18.2. The molecule has 0 aromatic carbocycles. The molecule has 1 saturated heterocycles. The Labute approximate surface area is 168 Å². The van der Waals surface area contributed by atoms with Crippen LogP contribution in [0.2, 0.25) is 0 Å². The Morgan fingerprint density at radius 1 is 1.29 bits per heavy atom. The van der Waals surface area contributed by atoms with Gasteiger partial charge in [0.2, 0.25) is 0 Å². The maximum Gasteiger partial charge on any atom is 0.492 e. The Bertz CT molecular complexity index is 753. The molecule has 0 spiro atoms. The number of nitrogens with two attached hydrogens (primary N) is 1. The molecule has 1 aromatic rings. The van der Waals surface area contributed by atoms with Crippen molar-refractivity contribution in [3.05, 3.63) is 28.9 Å². The third-order valence-electron chi connectivity index (χ3n) is 4.82. The molecule has 0 bridgehead atoms. The second kappa shape index (κ2) is 7.76. The number of rotatable bonds is 4. The molecule has 8 heteroatoms.